The molecule has 4 heteroatoms. The summed E-state index contributed by atoms with van der Waals surface area (Å²) < 4.78 is 0. The monoisotopic (exact) mass is 385 g/mol. The van der Waals surface area contributed by atoms with E-state index in [1.54, 1.807) is 12.1 Å². The van der Waals surface area contributed by atoms with Gasteiger partial charge in [0.25, 0.3) is 0 Å². The Labute approximate surface area is 151 Å². The summed E-state index contributed by atoms with van der Waals surface area (Å²) in [5.74, 6) is -0.0777. The van der Waals surface area contributed by atoms with E-state index in [2.05, 4.69) is 47.8 Å². The van der Waals surface area contributed by atoms with Gasteiger partial charge in [-0.15, -0.1) is 17.0 Å². The van der Waals surface area contributed by atoms with Crippen molar-refractivity contribution in [1.82, 2.24) is 5.32 Å². The van der Waals surface area contributed by atoms with Gasteiger partial charge in [-0.3, -0.25) is 0 Å². The normalized spacial score (nSPS) is 16.4. The molecule has 0 spiro atoms. The Hall–Kier alpha value is -2.04. The first-order valence-electron chi connectivity index (χ1n) is 7.96. The second-order valence-corrected chi connectivity index (χ2v) is 6.18. The van der Waals surface area contributed by atoms with Crippen LogP contribution in [0.5, 0.6) is 11.5 Å². The van der Waals surface area contributed by atoms with E-state index in [1.165, 1.54) is 16.3 Å². The summed E-state index contributed by atoms with van der Waals surface area (Å²) in [4.78, 5) is 0. The zero-order valence-electron chi connectivity index (χ0n) is 13.2. The third kappa shape index (κ3) is 3.12. The van der Waals surface area contributed by atoms with Gasteiger partial charge < -0.3 is 15.5 Å². The first kappa shape index (κ1) is 16.8. The van der Waals surface area contributed by atoms with Crippen LogP contribution in [-0.2, 0) is 12.8 Å². The highest BCUT2D eigenvalue weighted by atomic mass is 79.9. The molecule has 0 aromatic heterocycles. The van der Waals surface area contributed by atoms with Crippen LogP contribution in [0.25, 0.3) is 10.8 Å². The van der Waals surface area contributed by atoms with Crippen molar-refractivity contribution < 1.29 is 10.2 Å². The zero-order valence-corrected chi connectivity index (χ0v) is 14.9. The maximum absolute atomic E-state index is 9.82. The number of benzene rings is 3. The SMILES string of the molecule is Br.Oc1cc2c(cc1O)C(Cc1ccc3ccccc3c1)NCC2. The Bertz CT molecular complexity index is 879. The second kappa shape index (κ2) is 6.83. The highest BCUT2D eigenvalue weighted by Gasteiger charge is 2.22. The van der Waals surface area contributed by atoms with E-state index in [9.17, 15) is 10.2 Å². The van der Waals surface area contributed by atoms with Crippen molar-refractivity contribution in [3.05, 3.63) is 71.3 Å². The summed E-state index contributed by atoms with van der Waals surface area (Å²) in [5.41, 5.74) is 3.46. The number of aromatic hydroxyl groups is 2. The molecule has 1 heterocycles. The van der Waals surface area contributed by atoms with Crippen LogP contribution in [0, 0.1) is 0 Å². The number of nitrogens with one attached hydrogen (secondary N) is 1. The van der Waals surface area contributed by atoms with Gasteiger partial charge in [0.1, 0.15) is 0 Å². The molecule has 0 aliphatic carbocycles. The first-order valence-corrected chi connectivity index (χ1v) is 7.96. The van der Waals surface area contributed by atoms with Crippen LogP contribution >= 0.6 is 17.0 Å². The molecule has 0 bridgehead atoms. The Morgan fingerprint density at radius 1 is 0.917 bits per heavy atom. The molecule has 4 rings (SSSR count). The molecule has 3 aromatic carbocycles. The Balaban J connectivity index is 0.00000169. The molecular formula is C20H20BrNO2. The van der Waals surface area contributed by atoms with Crippen molar-refractivity contribution in [2.75, 3.05) is 6.54 Å². The van der Waals surface area contributed by atoms with Gasteiger partial charge in [0.05, 0.1) is 0 Å². The molecule has 3 nitrogen and oxygen atoms in total. The first-order chi connectivity index (χ1) is 11.2. The van der Waals surface area contributed by atoms with Crippen LogP contribution in [0.1, 0.15) is 22.7 Å². The van der Waals surface area contributed by atoms with Gasteiger partial charge in [0.15, 0.2) is 11.5 Å². The number of hydrogen-bond donors (Lipinski definition) is 3. The fourth-order valence-electron chi connectivity index (χ4n) is 3.45. The van der Waals surface area contributed by atoms with Crippen LogP contribution in [0.15, 0.2) is 54.6 Å². The van der Waals surface area contributed by atoms with Gasteiger partial charge in [-0.05, 0) is 59.0 Å². The summed E-state index contributed by atoms with van der Waals surface area (Å²) in [7, 11) is 0. The van der Waals surface area contributed by atoms with E-state index in [0.29, 0.717) is 0 Å². The molecule has 0 radical (unpaired) electrons. The lowest BCUT2D eigenvalue weighted by Crippen LogP contribution is -2.31. The van der Waals surface area contributed by atoms with Gasteiger partial charge in [-0.25, -0.2) is 0 Å². The minimum absolute atomic E-state index is 0. The Morgan fingerprint density at radius 2 is 1.67 bits per heavy atom. The predicted molar refractivity (Wildman–Crippen MR) is 102 cm³/mol. The number of halogens is 1. The fraction of sp³-hybridized carbons (Fsp3) is 0.200. The van der Waals surface area contributed by atoms with Crippen molar-refractivity contribution >= 4 is 27.8 Å². The lowest BCUT2D eigenvalue weighted by Gasteiger charge is -2.27. The van der Waals surface area contributed by atoms with Gasteiger partial charge in [-0.2, -0.15) is 0 Å². The van der Waals surface area contributed by atoms with Crippen LogP contribution in [0.2, 0.25) is 0 Å². The van der Waals surface area contributed by atoms with Crippen molar-refractivity contribution in [3.8, 4) is 11.5 Å². The minimum Gasteiger partial charge on any atom is -0.504 e. The van der Waals surface area contributed by atoms with E-state index >= 15 is 0 Å². The van der Waals surface area contributed by atoms with Gasteiger partial charge in [-0.1, -0.05) is 42.5 Å². The molecule has 1 aliphatic heterocycles. The number of hydrogen-bond acceptors (Lipinski definition) is 3. The molecular weight excluding hydrogens is 366 g/mol. The molecule has 24 heavy (non-hydrogen) atoms. The Kier molecular flexibility index (Phi) is 4.78. The molecule has 3 N–H and O–H groups in total. The summed E-state index contributed by atoms with van der Waals surface area (Å²) in [6.45, 7) is 0.884. The standard InChI is InChI=1S/C20H19NO2.BrH/c22-19-11-16-7-8-21-18(17(16)12-20(19)23)10-13-5-6-14-3-1-2-4-15(14)9-13;/h1-6,9,11-12,18,21-23H,7-8,10H2;1H. The van der Waals surface area contributed by atoms with Gasteiger partial charge in [0.2, 0.25) is 0 Å². The maximum atomic E-state index is 9.82. The smallest absolute Gasteiger partial charge is 0.157 e. The number of rotatable bonds is 2. The predicted octanol–water partition coefficient (Wildman–Crippen LogP) is 4.26. The third-order valence-electron chi connectivity index (χ3n) is 4.65. The third-order valence-corrected chi connectivity index (χ3v) is 4.65. The highest BCUT2D eigenvalue weighted by Crippen LogP contribution is 2.35. The molecule has 0 fully saturated rings. The molecule has 1 atom stereocenters. The van der Waals surface area contributed by atoms with Crippen molar-refractivity contribution in [2.24, 2.45) is 0 Å². The molecule has 1 aliphatic rings. The summed E-state index contributed by atoms with van der Waals surface area (Å²) >= 11 is 0. The van der Waals surface area contributed by atoms with Crippen LogP contribution in [0.3, 0.4) is 0 Å². The van der Waals surface area contributed by atoms with E-state index < -0.39 is 0 Å². The van der Waals surface area contributed by atoms with Gasteiger partial charge >= 0.3 is 0 Å². The molecule has 1 unspecified atom stereocenters. The quantitative estimate of drug-likeness (QED) is 0.577. The number of phenolic OH excluding ortho intramolecular Hbond substituents is 2. The average Bonchev–Trinajstić information content (AvgIpc) is 2.56. The maximum Gasteiger partial charge on any atom is 0.157 e. The van der Waals surface area contributed by atoms with E-state index in [-0.39, 0.29) is 34.5 Å². The largest absolute Gasteiger partial charge is 0.504 e. The highest BCUT2D eigenvalue weighted by molar-refractivity contribution is 8.93. The average molecular weight is 386 g/mol. The molecule has 0 amide bonds. The zero-order chi connectivity index (χ0) is 15.8. The van der Waals surface area contributed by atoms with E-state index in [1.807, 2.05) is 0 Å². The lowest BCUT2D eigenvalue weighted by molar-refractivity contribution is 0.398. The number of phenols is 2. The molecule has 0 saturated carbocycles. The summed E-state index contributed by atoms with van der Waals surface area (Å²) in [5, 5.41) is 25.5. The summed E-state index contributed by atoms with van der Waals surface area (Å²) in [6.07, 6.45) is 1.74. The molecule has 124 valence electrons. The van der Waals surface area contributed by atoms with Crippen LogP contribution in [-0.4, -0.2) is 16.8 Å². The lowest BCUT2D eigenvalue weighted by atomic mass is 9.89. The van der Waals surface area contributed by atoms with Crippen LogP contribution < -0.4 is 5.32 Å². The summed E-state index contributed by atoms with van der Waals surface area (Å²) in [6, 6.07) is 18.5. The van der Waals surface area contributed by atoms with Crippen LogP contribution in [0.4, 0.5) is 0 Å². The van der Waals surface area contributed by atoms with E-state index in [0.717, 1.165) is 30.5 Å². The molecule has 3 aromatic rings. The Morgan fingerprint density at radius 3 is 2.50 bits per heavy atom. The number of fused-ring (bicyclic) bond motifs is 2. The van der Waals surface area contributed by atoms with Crippen molar-refractivity contribution in [3.63, 3.8) is 0 Å². The van der Waals surface area contributed by atoms with Crippen molar-refractivity contribution in [2.45, 2.75) is 18.9 Å². The molecule has 0 saturated heterocycles. The fourth-order valence-corrected chi connectivity index (χ4v) is 3.45. The topological polar surface area (TPSA) is 52.5 Å². The van der Waals surface area contributed by atoms with E-state index in [4.69, 9.17) is 0 Å². The van der Waals surface area contributed by atoms with Gasteiger partial charge in [0, 0.05) is 6.04 Å². The van der Waals surface area contributed by atoms with Crippen molar-refractivity contribution in [1.29, 1.82) is 0 Å². The second-order valence-electron chi connectivity index (χ2n) is 6.18. The minimum atomic E-state index is -0.0454.